The number of rotatable bonds is 6. The van der Waals surface area contributed by atoms with Gasteiger partial charge in [-0.25, -0.2) is 13.2 Å². The van der Waals surface area contributed by atoms with E-state index in [0.717, 1.165) is 25.5 Å². The van der Waals surface area contributed by atoms with E-state index in [-0.39, 0.29) is 5.82 Å². The van der Waals surface area contributed by atoms with E-state index in [4.69, 9.17) is 0 Å². The highest BCUT2D eigenvalue weighted by atomic mass is 19.2. The van der Waals surface area contributed by atoms with Gasteiger partial charge in [-0.15, -0.1) is 10.2 Å². The smallest absolute Gasteiger partial charge is 0.259 e. The second-order valence-corrected chi connectivity index (χ2v) is 5.23. The summed E-state index contributed by atoms with van der Waals surface area (Å²) in [6, 6.07) is 4.70. The van der Waals surface area contributed by atoms with Crippen molar-refractivity contribution < 1.29 is 18.0 Å². The van der Waals surface area contributed by atoms with Crippen LogP contribution < -0.4 is 10.2 Å². The highest BCUT2D eigenvalue weighted by Gasteiger charge is 2.19. The lowest BCUT2D eigenvalue weighted by atomic mass is 10.2. The van der Waals surface area contributed by atoms with Crippen LogP contribution in [0.15, 0.2) is 24.3 Å². The van der Waals surface area contributed by atoms with Crippen molar-refractivity contribution in [1.82, 2.24) is 10.2 Å². The minimum absolute atomic E-state index is 0.0803. The van der Waals surface area contributed by atoms with Crippen LogP contribution in [0.1, 0.15) is 30.1 Å². The lowest BCUT2D eigenvalue weighted by Crippen LogP contribution is -2.21. The molecule has 0 unspecified atom stereocenters. The Morgan fingerprint density at radius 1 is 1.12 bits per heavy atom. The first kappa shape index (κ1) is 17.7. The molecule has 2 aromatic rings. The average molecular weight is 338 g/mol. The fourth-order valence-electron chi connectivity index (χ4n) is 1.99. The van der Waals surface area contributed by atoms with Crippen molar-refractivity contribution >= 4 is 17.5 Å². The summed E-state index contributed by atoms with van der Waals surface area (Å²) in [5.41, 5.74) is -0.611. The zero-order valence-electron chi connectivity index (χ0n) is 13.3. The molecule has 0 bridgehead atoms. The van der Waals surface area contributed by atoms with Crippen LogP contribution in [0.3, 0.4) is 0 Å². The van der Waals surface area contributed by atoms with Gasteiger partial charge >= 0.3 is 0 Å². The van der Waals surface area contributed by atoms with Gasteiger partial charge in [0, 0.05) is 13.6 Å². The van der Waals surface area contributed by atoms with Gasteiger partial charge in [0.2, 0.25) is 0 Å². The molecule has 1 amide bonds. The van der Waals surface area contributed by atoms with E-state index >= 15 is 0 Å². The molecule has 24 heavy (non-hydrogen) atoms. The Morgan fingerprint density at radius 2 is 1.88 bits per heavy atom. The van der Waals surface area contributed by atoms with Crippen LogP contribution in [0.4, 0.5) is 24.8 Å². The number of amides is 1. The van der Waals surface area contributed by atoms with Gasteiger partial charge in [0.1, 0.15) is 0 Å². The van der Waals surface area contributed by atoms with Crippen molar-refractivity contribution in [3.8, 4) is 0 Å². The monoisotopic (exact) mass is 338 g/mol. The molecule has 1 aromatic heterocycles. The third-order valence-corrected chi connectivity index (χ3v) is 3.41. The zero-order chi connectivity index (χ0) is 17.7. The molecule has 0 fully saturated rings. The molecule has 0 saturated carbocycles. The van der Waals surface area contributed by atoms with Crippen LogP contribution in [0.2, 0.25) is 0 Å². The number of carbonyl (C=O) groups excluding carboxylic acids is 1. The summed E-state index contributed by atoms with van der Waals surface area (Å²) in [6.45, 7) is 2.90. The molecule has 8 heteroatoms. The SMILES string of the molecule is CCCCN(C)c1ccc(NC(=O)c2ccc(F)c(F)c2F)nn1. The summed E-state index contributed by atoms with van der Waals surface area (Å²) >= 11 is 0. The third kappa shape index (κ3) is 4.01. The number of nitrogens with one attached hydrogen (secondary N) is 1. The van der Waals surface area contributed by atoms with Crippen molar-refractivity contribution in [3.05, 3.63) is 47.3 Å². The molecule has 1 heterocycles. The first-order valence-corrected chi connectivity index (χ1v) is 7.43. The van der Waals surface area contributed by atoms with Crippen molar-refractivity contribution in [2.24, 2.45) is 0 Å². The number of benzene rings is 1. The van der Waals surface area contributed by atoms with E-state index < -0.39 is 28.9 Å². The Hall–Kier alpha value is -2.64. The maximum atomic E-state index is 13.6. The number of aromatic nitrogens is 2. The van der Waals surface area contributed by atoms with E-state index in [1.165, 1.54) is 6.07 Å². The molecule has 1 N–H and O–H groups in total. The summed E-state index contributed by atoms with van der Waals surface area (Å²) in [4.78, 5) is 13.9. The summed E-state index contributed by atoms with van der Waals surface area (Å²) in [7, 11) is 1.87. The second kappa shape index (κ2) is 7.76. The first-order valence-electron chi connectivity index (χ1n) is 7.43. The summed E-state index contributed by atoms with van der Waals surface area (Å²) < 4.78 is 39.6. The van der Waals surface area contributed by atoms with E-state index in [1.807, 2.05) is 11.9 Å². The van der Waals surface area contributed by atoms with Gasteiger partial charge in [-0.3, -0.25) is 4.79 Å². The molecule has 0 aliphatic rings. The van der Waals surface area contributed by atoms with Gasteiger partial charge < -0.3 is 10.2 Å². The van der Waals surface area contributed by atoms with Crippen LogP contribution in [0.25, 0.3) is 0 Å². The molecule has 1 aromatic carbocycles. The van der Waals surface area contributed by atoms with Gasteiger partial charge in [-0.05, 0) is 30.7 Å². The quantitative estimate of drug-likeness (QED) is 0.821. The minimum Gasteiger partial charge on any atom is -0.358 e. The van der Waals surface area contributed by atoms with E-state index in [0.29, 0.717) is 11.9 Å². The maximum absolute atomic E-state index is 13.6. The fourth-order valence-corrected chi connectivity index (χ4v) is 1.99. The third-order valence-electron chi connectivity index (χ3n) is 3.41. The van der Waals surface area contributed by atoms with E-state index in [1.54, 1.807) is 6.07 Å². The molecule has 2 rings (SSSR count). The Bertz CT molecular complexity index is 722. The zero-order valence-corrected chi connectivity index (χ0v) is 13.3. The molecular weight excluding hydrogens is 321 g/mol. The Kier molecular flexibility index (Phi) is 5.73. The molecule has 5 nitrogen and oxygen atoms in total. The Labute approximate surface area is 137 Å². The fraction of sp³-hybridized carbons (Fsp3) is 0.312. The van der Waals surface area contributed by atoms with Crippen LogP contribution >= 0.6 is 0 Å². The van der Waals surface area contributed by atoms with Gasteiger partial charge in [0.15, 0.2) is 29.1 Å². The number of halogens is 3. The number of carbonyl (C=O) groups is 1. The Balaban J connectivity index is 2.08. The van der Waals surface area contributed by atoms with Crippen molar-refractivity contribution in [3.63, 3.8) is 0 Å². The summed E-state index contributed by atoms with van der Waals surface area (Å²) in [5, 5.41) is 10.1. The highest BCUT2D eigenvalue weighted by molar-refractivity contribution is 6.03. The predicted octanol–water partition coefficient (Wildman–Crippen LogP) is 3.38. The molecule has 0 spiro atoms. The summed E-state index contributed by atoms with van der Waals surface area (Å²) in [5.74, 6) is -4.83. The van der Waals surface area contributed by atoms with Crippen LogP contribution in [0, 0.1) is 17.5 Å². The van der Waals surface area contributed by atoms with Gasteiger partial charge in [-0.1, -0.05) is 13.3 Å². The predicted molar refractivity (Wildman–Crippen MR) is 84.5 cm³/mol. The van der Waals surface area contributed by atoms with E-state index in [2.05, 4.69) is 22.4 Å². The molecular formula is C16H17F3N4O. The maximum Gasteiger partial charge on any atom is 0.259 e. The standard InChI is InChI=1S/C16H17F3N4O/c1-3-4-9-23(2)13-8-7-12(21-22-13)20-16(24)10-5-6-11(17)15(19)14(10)18/h5-8H,3-4,9H2,1-2H3,(H,20,21,24). The first-order chi connectivity index (χ1) is 11.4. The lowest BCUT2D eigenvalue weighted by Gasteiger charge is -2.17. The molecule has 0 atom stereocenters. The molecule has 0 aliphatic heterocycles. The topological polar surface area (TPSA) is 58.1 Å². The lowest BCUT2D eigenvalue weighted by molar-refractivity contribution is 0.102. The number of anilines is 2. The normalized spacial score (nSPS) is 10.5. The van der Waals surface area contributed by atoms with Crippen LogP contribution in [-0.4, -0.2) is 29.7 Å². The summed E-state index contributed by atoms with van der Waals surface area (Å²) in [6.07, 6.45) is 2.05. The highest BCUT2D eigenvalue weighted by Crippen LogP contribution is 2.17. The van der Waals surface area contributed by atoms with Crippen molar-refractivity contribution in [2.45, 2.75) is 19.8 Å². The Morgan fingerprint density at radius 3 is 2.50 bits per heavy atom. The number of hydrogen-bond acceptors (Lipinski definition) is 4. The molecule has 0 aliphatic carbocycles. The van der Waals surface area contributed by atoms with Crippen LogP contribution in [0.5, 0.6) is 0 Å². The molecule has 0 saturated heterocycles. The largest absolute Gasteiger partial charge is 0.358 e. The van der Waals surface area contributed by atoms with Crippen molar-refractivity contribution in [2.75, 3.05) is 23.8 Å². The van der Waals surface area contributed by atoms with Gasteiger partial charge in [0.05, 0.1) is 5.56 Å². The van der Waals surface area contributed by atoms with Gasteiger partial charge in [-0.2, -0.15) is 0 Å². The number of nitrogens with zero attached hydrogens (tertiary/aromatic N) is 3. The minimum atomic E-state index is -1.69. The molecule has 128 valence electrons. The average Bonchev–Trinajstić information content (AvgIpc) is 2.58. The van der Waals surface area contributed by atoms with Crippen LogP contribution in [-0.2, 0) is 0 Å². The molecule has 0 radical (unpaired) electrons. The van der Waals surface area contributed by atoms with Crippen molar-refractivity contribution in [1.29, 1.82) is 0 Å². The van der Waals surface area contributed by atoms with E-state index in [9.17, 15) is 18.0 Å². The second-order valence-electron chi connectivity index (χ2n) is 5.23. The number of unbranched alkanes of at least 4 members (excludes halogenated alkanes) is 1. The van der Waals surface area contributed by atoms with Gasteiger partial charge in [0.25, 0.3) is 5.91 Å². The number of hydrogen-bond donors (Lipinski definition) is 1.